The summed E-state index contributed by atoms with van der Waals surface area (Å²) >= 11 is 0. The number of nitrogens with one attached hydrogen (secondary N) is 2. The van der Waals surface area contributed by atoms with Crippen LogP contribution >= 0.6 is 0 Å². The van der Waals surface area contributed by atoms with E-state index in [2.05, 4.69) is 30.9 Å². The van der Waals surface area contributed by atoms with E-state index >= 15 is 8.78 Å². The molecule has 0 radical (unpaired) electrons. The van der Waals surface area contributed by atoms with Crippen molar-refractivity contribution < 1.29 is 51.9 Å². The van der Waals surface area contributed by atoms with Gasteiger partial charge in [0.2, 0.25) is 12.5 Å². The maximum absolute atomic E-state index is 15.2. The molecule has 18 nitrogen and oxygen atoms in total. The number of anilines is 2. The fraction of sp³-hybridized carbons (Fsp3) is 0.414. The second-order valence-corrected chi connectivity index (χ2v) is 11.5. The van der Waals surface area contributed by atoms with Gasteiger partial charge in [-0.15, -0.1) is 5.10 Å². The third-order valence-electron chi connectivity index (χ3n) is 7.95. The number of ether oxygens (including phenoxy) is 3. The number of carbonyl (C=O) groups excluding carboxylic acids is 1. The van der Waals surface area contributed by atoms with Crippen molar-refractivity contribution >= 4 is 17.7 Å². The van der Waals surface area contributed by atoms with E-state index in [9.17, 15) is 33.4 Å². The minimum atomic E-state index is -3.96. The van der Waals surface area contributed by atoms with E-state index < -0.39 is 79.3 Å². The molecule has 5 heterocycles. The van der Waals surface area contributed by atoms with Crippen LogP contribution in [0.15, 0.2) is 70.6 Å². The lowest BCUT2D eigenvalue weighted by molar-refractivity contribution is -0.141. The molecule has 2 saturated heterocycles. The van der Waals surface area contributed by atoms with Gasteiger partial charge in [-0.1, -0.05) is 35.5 Å². The highest BCUT2D eigenvalue weighted by atomic mass is 19.3. The van der Waals surface area contributed by atoms with Crippen LogP contribution < -0.4 is 22.0 Å². The second kappa shape index (κ2) is 14.1. The van der Waals surface area contributed by atoms with Crippen molar-refractivity contribution in [3.8, 4) is 0 Å². The lowest BCUT2D eigenvalue weighted by Gasteiger charge is -2.21. The van der Waals surface area contributed by atoms with Crippen molar-refractivity contribution in [2.45, 2.75) is 68.4 Å². The Morgan fingerprint density at radius 1 is 0.882 bits per heavy atom. The zero-order valence-corrected chi connectivity index (χ0v) is 26.0. The molecule has 0 spiro atoms. The predicted molar refractivity (Wildman–Crippen MR) is 161 cm³/mol. The van der Waals surface area contributed by atoms with E-state index in [1.54, 1.807) is 30.3 Å². The minimum absolute atomic E-state index is 0.0623. The van der Waals surface area contributed by atoms with E-state index in [1.807, 2.05) is 0 Å². The molecule has 2 aliphatic rings. The third-order valence-corrected chi connectivity index (χ3v) is 7.95. The molecule has 1 amide bonds. The number of alkyl halides is 4. The molecular weight excluding hydrogens is 694 g/mol. The monoisotopic (exact) mass is 723 g/mol. The Balaban J connectivity index is 1.04. The van der Waals surface area contributed by atoms with Gasteiger partial charge in [0, 0.05) is 12.4 Å². The first kappa shape index (κ1) is 35.5. The van der Waals surface area contributed by atoms with Crippen LogP contribution in [0.1, 0.15) is 23.7 Å². The number of aromatic nitrogens is 7. The van der Waals surface area contributed by atoms with E-state index in [0.717, 1.165) is 23.1 Å². The van der Waals surface area contributed by atoms with Crippen LogP contribution in [-0.4, -0.2) is 98.4 Å². The number of rotatable bonds is 11. The van der Waals surface area contributed by atoms with E-state index in [0.29, 0.717) is 14.7 Å². The first-order valence-corrected chi connectivity index (χ1v) is 15.1. The van der Waals surface area contributed by atoms with Crippen LogP contribution in [0.4, 0.5) is 34.0 Å². The van der Waals surface area contributed by atoms with Gasteiger partial charge in [-0.2, -0.15) is 27.5 Å². The van der Waals surface area contributed by atoms with Gasteiger partial charge in [0.25, 0.3) is 0 Å². The fourth-order valence-electron chi connectivity index (χ4n) is 5.33. The molecule has 6 rings (SSSR count). The molecule has 6 atom stereocenters. The first-order chi connectivity index (χ1) is 24.3. The quantitative estimate of drug-likeness (QED) is 0.131. The van der Waals surface area contributed by atoms with Crippen molar-refractivity contribution in [2.75, 3.05) is 17.2 Å². The van der Waals surface area contributed by atoms with Gasteiger partial charge in [0.1, 0.15) is 36.1 Å². The van der Waals surface area contributed by atoms with Gasteiger partial charge in [-0.25, -0.2) is 19.1 Å². The number of benzene rings is 1. The van der Waals surface area contributed by atoms with Crippen molar-refractivity contribution in [1.29, 1.82) is 0 Å². The zero-order chi connectivity index (χ0) is 36.5. The number of amides is 1. The molecule has 2 aliphatic heterocycles. The summed E-state index contributed by atoms with van der Waals surface area (Å²) in [4.78, 5) is 44.5. The molecule has 0 aliphatic carbocycles. The summed E-state index contributed by atoms with van der Waals surface area (Å²) in [5, 5.41) is 41.9. The summed E-state index contributed by atoms with van der Waals surface area (Å²) in [5.41, 5.74) is -1.44. The Kier molecular flexibility index (Phi) is 9.86. The highest BCUT2D eigenvalue weighted by Crippen LogP contribution is 2.43. The van der Waals surface area contributed by atoms with Gasteiger partial charge in [0.15, 0.2) is 12.2 Å². The van der Waals surface area contributed by atoms with Crippen molar-refractivity contribution in [3.63, 3.8) is 0 Å². The van der Waals surface area contributed by atoms with Crippen LogP contribution in [0, 0.1) is 0 Å². The molecule has 0 saturated carbocycles. The number of hydrogen-bond donors (Lipinski definition) is 5. The van der Waals surface area contributed by atoms with Crippen LogP contribution in [0.3, 0.4) is 0 Å². The average Bonchev–Trinajstić information content (AvgIpc) is 3.71. The molecule has 5 N–H and O–H groups in total. The Morgan fingerprint density at radius 3 is 2.08 bits per heavy atom. The highest BCUT2D eigenvalue weighted by Gasteiger charge is 2.60. The number of hydrogen-bond acceptors (Lipinski definition) is 14. The standard InChI is InChI=1S/C29H29F4N9O9/c30-28(31)21(44)17(50-23(28)42-9-7-20(36-26(42)47)37-27(48)49-14-15-4-2-1-3-5-15)12-40-11-16(38-39-40)10-34-19-6-8-41(25(46)35-19)24-29(32,33)22(45)18(13-43)51-24/h1-9,11,17-18,21-24,43-45H,10,12-14H2,(H,34,35,46)(H,36,37,47,48)/t17-,18-,21-,22-,23-,24-/m1/s1. The van der Waals surface area contributed by atoms with Gasteiger partial charge in [-0.05, 0) is 17.7 Å². The molecule has 0 bridgehead atoms. The molecule has 0 unspecified atom stereocenters. The van der Waals surface area contributed by atoms with E-state index in [4.69, 9.17) is 19.3 Å². The number of carbonyl (C=O) groups is 1. The molecule has 1 aromatic carbocycles. The lowest BCUT2D eigenvalue weighted by Crippen LogP contribution is -2.42. The summed E-state index contributed by atoms with van der Waals surface area (Å²) in [6, 6.07) is 11.0. The average molecular weight is 724 g/mol. The van der Waals surface area contributed by atoms with Crippen molar-refractivity contribution in [3.05, 3.63) is 93.3 Å². The topological polar surface area (TPSA) is 230 Å². The largest absolute Gasteiger partial charge is 0.444 e. The van der Waals surface area contributed by atoms with E-state index in [-0.39, 0.29) is 30.5 Å². The van der Waals surface area contributed by atoms with Gasteiger partial charge in [-0.3, -0.25) is 14.5 Å². The SMILES string of the molecule is O=C(Nc1ccn([C@@H]2O[C@H](Cn3cc(CNc4ccn([C@@H]5O[C@H](CO)[C@@H](O)C5(F)F)c(=O)n4)nn3)[C@@H](O)C2(F)F)c(=O)n1)OCc1ccccc1. The Bertz CT molecular complexity index is 1980. The molecule has 2 fully saturated rings. The Hall–Kier alpha value is -5.29. The minimum Gasteiger partial charge on any atom is -0.444 e. The predicted octanol–water partition coefficient (Wildman–Crippen LogP) is 0.232. The molecule has 22 heteroatoms. The smallest absolute Gasteiger partial charge is 0.413 e. The van der Waals surface area contributed by atoms with Crippen LogP contribution in [0.25, 0.3) is 0 Å². The van der Waals surface area contributed by atoms with E-state index in [1.165, 1.54) is 12.3 Å². The summed E-state index contributed by atoms with van der Waals surface area (Å²) in [5.74, 6) is -8.18. The second-order valence-electron chi connectivity index (χ2n) is 11.5. The maximum Gasteiger partial charge on any atom is 0.413 e. The summed E-state index contributed by atoms with van der Waals surface area (Å²) in [6.45, 7) is -1.51. The Labute approximate surface area is 282 Å². The lowest BCUT2D eigenvalue weighted by atomic mass is 10.1. The molecule has 272 valence electrons. The fourth-order valence-corrected chi connectivity index (χ4v) is 5.33. The van der Waals surface area contributed by atoms with Crippen molar-refractivity contribution in [2.24, 2.45) is 0 Å². The van der Waals surface area contributed by atoms with Gasteiger partial charge >= 0.3 is 29.3 Å². The van der Waals surface area contributed by atoms with Gasteiger partial charge in [0.05, 0.1) is 25.9 Å². The van der Waals surface area contributed by atoms with Crippen LogP contribution in [0.5, 0.6) is 0 Å². The zero-order valence-electron chi connectivity index (χ0n) is 26.0. The summed E-state index contributed by atoms with van der Waals surface area (Å²) in [6.07, 6.45) is -10.1. The molecule has 51 heavy (non-hydrogen) atoms. The van der Waals surface area contributed by atoms with Gasteiger partial charge < -0.3 is 34.8 Å². The number of aliphatic hydroxyl groups excluding tert-OH is 3. The molecular formula is C29H29F4N9O9. The van der Waals surface area contributed by atoms with Crippen molar-refractivity contribution in [1.82, 2.24) is 34.1 Å². The molecule has 3 aromatic heterocycles. The van der Waals surface area contributed by atoms with Crippen LogP contribution in [0.2, 0.25) is 0 Å². The first-order valence-electron chi connectivity index (χ1n) is 15.1. The number of aliphatic hydroxyl groups is 3. The maximum atomic E-state index is 15.2. The number of nitrogens with zero attached hydrogens (tertiary/aromatic N) is 7. The third kappa shape index (κ3) is 7.30. The summed E-state index contributed by atoms with van der Waals surface area (Å²) < 4.78 is 76.5. The highest BCUT2D eigenvalue weighted by molar-refractivity contribution is 5.83. The molecule has 4 aromatic rings. The summed E-state index contributed by atoms with van der Waals surface area (Å²) in [7, 11) is 0. The van der Waals surface area contributed by atoms with Crippen LogP contribution in [-0.2, 0) is 33.9 Å². The number of halogens is 4. The Morgan fingerprint density at radius 2 is 1.47 bits per heavy atom. The normalized spacial score (nSPS) is 25.1.